The van der Waals surface area contributed by atoms with E-state index >= 15 is 0 Å². The Morgan fingerprint density at radius 1 is 1.25 bits per heavy atom. The van der Waals surface area contributed by atoms with Crippen LogP contribution in [0.5, 0.6) is 5.75 Å². The minimum absolute atomic E-state index is 0.225. The first-order chi connectivity index (χ1) is 9.60. The zero-order chi connectivity index (χ0) is 14.5. The Morgan fingerprint density at radius 3 is 2.60 bits per heavy atom. The largest absolute Gasteiger partial charge is 0.508 e. The summed E-state index contributed by atoms with van der Waals surface area (Å²) in [7, 11) is 0. The van der Waals surface area contributed by atoms with E-state index in [1.54, 1.807) is 6.07 Å². The number of hydrogen-bond donors (Lipinski definition) is 2. The molecular weight excluding hydrogens is 246 g/mol. The number of aromatic hydroxyl groups is 1. The fraction of sp³-hybridized carbons (Fsp3) is 0.667. The van der Waals surface area contributed by atoms with E-state index in [0.29, 0.717) is 11.8 Å². The smallest absolute Gasteiger partial charge is 0.120 e. The van der Waals surface area contributed by atoms with Crippen LogP contribution in [0.25, 0.3) is 0 Å². The number of phenols is 1. The SMILES string of the molecule is CCCC1CCC(NC(C)c2cc(C)ccc2O)CC1. The third kappa shape index (κ3) is 3.99. The molecule has 1 fully saturated rings. The van der Waals surface area contributed by atoms with Gasteiger partial charge in [-0.05, 0) is 51.5 Å². The summed E-state index contributed by atoms with van der Waals surface area (Å²) < 4.78 is 0. The van der Waals surface area contributed by atoms with Crippen LogP contribution in [0.3, 0.4) is 0 Å². The van der Waals surface area contributed by atoms with Crippen molar-refractivity contribution in [3.8, 4) is 5.75 Å². The lowest BCUT2D eigenvalue weighted by Crippen LogP contribution is -2.35. The number of hydrogen-bond acceptors (Lipinski definition) is 2. The van der Waals surface area contributed by atoms with Crippen molar-refractivity contribution in [1.82, 2.24) is 5.32 Å². The highest BCUT2D eigenvalue weighted by Crippen LogP contribution is 2.30. The molecule has 1 aromatic rings. The second kappa shape index (κ2) is 7.12. The fourth-order valence-corrected chi connectivity index (χ4v) is 3.49. The molecule has 1 aliphatic carbocycles. The fourth-order valence-electron chi connectivity index (χ4n) is 3.49. The lowest BCUT2D eigenvalue weighted by Gasteiger charge is -2.31. The van der Waals surface area contributed by atoms with Gasteiger partial charge in [-0.2, -0.15) is 0 Å². The highest BCUT2D eigenvalue weighted by Gasteiger charge is 2.22. The monoisotopic (exact) mass is 275 g/mol. The molecule has 0 bridgehead atoms. The Labute approximate surface area is 123 Å². The maximum absolute atomic E-state index is 10.0. The zero-order valence-electron chi connectivity index (χ0n) is 13.2. The summed E-state index contributed by atoms with van der Waals surface area (Å²) in [5.41, 5.74) is 2.23. The number of benzene rings is 1. The Morgan fingerprint density at radius 2 is 1.95 bits per heavy atom. The molecule has 2 nitrogen and oxygen atoms in total. The van der Waals surface area contributed by atoms with Crippen LogP contribution in [-0.4, -0.2) is 11.1 Å². The van der Waals surface area contributed by atoms with Crippen molar-refractivity contribution in [1.29, 1.82) is 0 Å². The quantitative estimate of drug-likeness (QED) is 0.815. The predicted octanol–water partition coefficient (Wildman–Crippen LogP) is 4.71. The van der Waals surface area contributed by atoms with Crippen molar-refractivity contribution in [3.63, 3.8) is 0 Å². The molecule has 0 radical (unpaired) electrons. The number of aryl methyl sites for hydroxylation is 1. The summed E-state index contributed by atoms with van der Waals surface area (Å²) >= 11 is 0. The van der Waals surface area contributed by atoms with Gasteiger partial charge in [0.15, 0.2) is 0 Å². The molecule has 2 heteroatoms. The molecular formula is C18H29NO. The van der Waals surface area contributed by atoms with Gasteiger partial charge >= 0.3 is 0 Å². The minimum Gasteiger partial charge on any atom is -0.508 e. The van der Waals surface area contributed by atoms with Gasteiger partial charge in [0.25, 0.3) is 0 Å². The average Bonchev–Trinajstić information content (AvgIpc) is 2.44. The summed E-state index contributed by atoms with van der Waals surface area (Å²) in [6.07, 6.45) is 7.98. The third-order valence-electron chi connectivity index (χ3n) is 4.68. The lowest BCUT2D eigenvalue weighted by atomic mass is 9.83. The van der Waals surface area contributed by atoms with Crippen molar-refractivity contribution in [3.05, 3.63) is 29.3 Å². The van der Waals surface area contributed by atoms with Gasteiger partial charge in [0.1, 0.15) is 5.75 Å². The molecule has 0 aromatic heterocycles. The van der Waals surface area contributed by atoms with Crippen LogP contribution in [-0.2, 0) is 0 Å². The van der Waals surface area contributed by atoms with Gasteiger partial charge in [-0.1, -0.05) is 37.5 Å². The molecule has 1 aliphatic rings. The maximum atomic E-state index is 10.0. The van der Waals surface area contributed by atoms with Crippen LogP contribution in [0, 0.1) is 12.8 Å². The molecule has 0 heterocycles. The van der Waals surface area contributed by atoms with E-state index in [1.807, 2.05) is 6.07 Å². The first-order valence-electron chi connectivity index (χ1n) is 8.15. The van der Waals surface area contributed by atoms with E-state index < -0.39 is 0 Å². The van der Waals surface area contributed by atoms with Crippen molar-refractivity contribution < 1.29 is 5.11 Å². The molecule has 1 saturated carbocycles. The van der Waals surface area contributed by atoms with Crippen LogP contribution in [0.2, 0.25) is 0 Å². The standard InChI is InChI=1S/C18H29NO/c1-4-5-15-7-9-16(10-8-15)19-14(3)17-12-13(2)6-11-18(17)20/h6,11-12,14-16,19-20H,4-5,7-10H2,1-3H3. The van der Waals surface area contributed by atoms with Gasteiger partial charge in [-0.25, -0.2) is 0 Å². The molecule has 1 aromatic carbocycles. The van der Waals surface area contributed by atoms with E-state index in [9.17, 15) is 5.11 Å². The summed E-state index contributed by atoms with van der Waals surface area (Å²) in [5.74, 6) is 1.36. The Balaban J connectivity index is 1.89. The molecule has 2 N–H and O–H groups in total. The predicted molar refractivity (Wildman–Crippen MR) is 85.0 cm³/mol. The van der Waals surface area contributed by atoms with E-state index in [2.05, 4.69) is 32.2 Å². The topological polar surface area (TPSA) is 32.3 Å². The molecule has 1 atom stereocenters. The number of nitrogens with one attached hydrogen (secondary N) is 1. The Bertz CT molecular complexity index is 421. The van der Waals surface area contributed by atoms with Crippen LogP contribution in [0.15, 0.2) is 18.2 Å². The Hall–Kier alpha value is -1.02. The normalized spacial score (nSPS) is 24.6. The van der Waals surface area contributed by atoms with E-state index in [4.69, 9.17) is 0 Å². The van der Waals surface area contributed by atoms with Crippen LogP contribution >= 0.6 is 0 Å². The molecule has 0 amide bonds. The van der Waals surface area contributed by atoms with Gasteiger partial charge in [-0.3, -0.25) is 0 Å². The second-order valence-electron chi connectivity index (χ2n) is 6.46. The van der Waals surface area contributed by atoms with E-state index in [-0.39, 0.29) is 6.04 Å². The van der Waals surface area contributed by atoms with Crippen molar-refractivity contribution in [2.75, 3.05) is 0 Å². The minimum atomic E-state index is 0.225. The van der Waals surface area contributed by atoms with Gasteiger partial charge in [-0.15, -0.1) is 0 Å². The molecule has 0 saturated heterocycles. The molecule has 0 spiro atoms. The first-order valence-corrected chi connectivity index (χ1v) is 8.15. The molecule has 112 valence electrons. The summed E-state index contributed by atoms with van der Waals surface area (Å²) in [6, 6.07) is 6.69. The molecule has 20 heavy (non-hydrogen) atoms. The summed E-state index contributed by atoms with van der Waals surface area (Å²) in [6.45, 7) is 6.52. The van der Waals surface area contributed by atoms with Gasteiger partial charge < -0.3 is 10.4 Å². The van der Waals surface area contributed by atoms with Crippen molar-refractivity contribution >= 4 is 0 Å². The second-order valence-corrected chi connectivity index (χ2v) is 6.46. The van der Waals surface area contributed by atoms with Gasteiger partial charge in [0.2, 0.25) is 0 Å². The first kappa shape index (κ1) is 15.4. The van der Waals surface area contributed by atoms with Crippen LogP contribution in [0.4, 0.5) is 0 Å². The van der Waals surface area contributed by atoms with E-state index in [1.165, 1.54) is 44.1 Å². The highest BCUT2D eigenvalue weighted by atomic mass is 16.3. The summed E-state index contributed by atoms with van der Waals surface area (Å²) in [5, 5.41) is 13.7. The van der Waals surface area contributed by atoms with E-state index in [0.717, 1.165) is 11.5 Å². The molecule has 0 aliphatic heterocycles. The summed E-state index contributed by atoms with van der Waals surface area (Å²) in [4.78, 5) is 0. The molecule has 2 rings (SSSR count). The van der Waals surface area contributed by atoms with Crippen LogP contribution in [0.1, 0.15) is 69.5 Å². The van der Waals surface area contributed by atoms with Crippen LogP contribution < -0.4 is 5.32 Å². The number of phenolic OH excluding ortho intramolecular Hbond substituents is 1. The zero-order valence-corrected chi connectivity index (χ0v) is 13.2. The third-order valence-corrected chi connectivity index (χ3v) is 4.68. The van der Waals surface area contributed by atoms with Gasteiger partial charge in [0, 0.05) is 17.6 Å². The van der Waals surface area contributed by atoms with Gasteiger partial charge in [0.05, 0.1) is 0 Å². The Kier molecular flexibility index (Phi) is 5.47. The maximum Gasteiger partial charge on any atom is 0.120 e. The van der Waals surface area contributed by atoms with Crippen molar-refractivity contribution in [2.45, 2.75) is 71.4 Å². The average molecular weight is 275 g/mol. The highest BCUT2D eigenvalue weighted by molar-refractivity contribution is 5.37. The molecule has 1 unspecified atom stereocenters. The van der Waals surface area contributed by atoms with Crippen molar-refractivity contribution in [2.24, 2.45) is 5.92 Å². The number of rotatable bonds is 5. The lowest BCUT2D eigenvalue weighted by molar-refractivity contribution is 0.265.